The Morgan fingerprint density at radius 1 is 1.12 bits per heavy atom. The van der Waals surface area contributed by atoms with E-state index >= 15 is 0 Å². The van der Waals surface area contributed by atoms with E-state index in [0.717, 1.165) is 11.7 Å². The van der Waals surface area contributed by atoms with Crippen LogP contribution in [0.15, 0.2) is 36.5 Å². The molecule has 3 aliphatic carbocycles. The molecule has 3 heterocycles. The maximum Gasteiger partial charge on any atom is 0.151 e. The van der Waals surface area contributed by atoms with Crippen LogP contribution >= 0.6 is 0 Å². The van der Waals surface area contributed by atoms with Crippen LogP contribution in [0.1, 0.15) is 47.8 Å². The average Bonchev–Trinajstić information content (AvgIpc) is 3.41. The molecule has 0 N–H and O–H groups in total. The summed E-state index contributed by atoms with van der Waals surface area (Å²) in [5.74, 6) is 2.78. The molecule has 1 spiro atoms. The van der Waals surface area contributed by atoms with Gasteiger partial charge in [-0.25, -0.2) is 0 Å². The summed E-state index contributed by atoms with van der Waals surface area (Å²) in [6.45, 7) is 2.55. The lowest BCUT2D eigenvalue weighted by Crippen LogP contribution is -2.63. The fraction of sp³-hybridized carbons (Fsp3) is 0.522. The molecule has 132 valence electrons. The third-order valence-electron chi connectivity index (χ3n) is 7.93. The minimum absolute atomic E-state index is 0.125. The Morgan fingerprint density at radius 3 is 2.96 bits per heavy atom. The van der Waals surface area contributed by atoms with Gasteiger partial charge in [-0.1, -0.05) is 18.2 Å². The van der Waals surface area contributed by atoms with Crippen molar-refractivity contribution in [1.82, 2.24) is 9.88 Å². The number of fused-ring (bicyclic) bond motifs is 2. The lowest BCUT2D eigenvalue weighted by molar-refractivity contribution is -0.0376. The van der Waals surface area contributed by atoms with E-state index in [-0.39, 0.29) is 11.5 Å². The monoisotopic (exact) mass is 344 g/mol. The summed E-state index contributed by atoms with van der Waals surface area (Å²) < 4.78 is 6.65. The van der Waals surface area contributed by atoms with Gasteiger partial charge in [0.25, 0.3) is 0 Å². The van der Waals surface area contributed by atoms with Gasteiger partial charge in [0, 0.05) is 29.8 Å². The van der Waals surface area contributed by atoms with Gasteiger partial charge in [0.2, 0.25) is 0 Å². The Morgan fingerprint density at radius 2 is 2.04 bits per heavy atom. The molecule has 1 saturated carbocycles. The van der Waals surface area contributed by atoms with Crippen LogP contribution in [-0.4, -0.2) is 29.0 Å². The number of hydrogen-bond acceptors (Lipinski definition) is 3. The van der Waals surface area contributed by atoms with E-state index in [9.17, 15) is 0 Å². The molecule has 1 aromatic heterocycles. The number of likely N-dealkylation sites (tertiary alicyclic amines) is 1. The van der Waals surface area contributed by atoms with Crippen molar-refractivity contribution in [3.63, 3.8) is 0 Å². The predicted octanol–water partition coefficient (Wildman–Crippen LogP) is 3.67. The number of aromatic nitrogens is 1. The van der Waals surface area contributed by atoms with E-state index < -0.39 is 0 Å². The van der Waals surface area contributed by atoms with Gasteiger partial charge in [0.15, 0.2) is 6.10 Å². The van der Waals surface area contributed by atoms with Crippen molar-refractivity contribution in [2.75, 3.05) is 13.1 Å². The average molecular weight is 344 g/mol. The van der Waals surface area contributed by atoms with Crippen molar-refractivity contribution in [2.24, 2.45) is 11.8 Å². The van der Waals surface area contributed by atoms with Crippen LogP contribution in [0, 0.1) is 11.8 Å². The zero-order valence-electron chi connectivity index (χ0n) is 15.0. The summed E-state index contributed by atoms with van der Waals surface area (Å²) in [5.41, 5.74) is 5.89. The number of nitrogens with zero attached hydrogens (tertiary/aromatic N) is 2. The number of rotatable bonds is 2. The van der Waals surface area contributed by atoms with Crippen LogP contribution in [0.4, 0.5) is 0 Å². The molecular formula is C23H24N2O. The van der Waals surface area contributed by atoms with Crippen molar-refractivity contribution < 1.29 is 4.74 Å². The normalized spacial score (nSPS) is 36.2. The van der Waals surface area contributed by atoms with Crippen LogP contribution in [0.25, 0.3) is 0 Å². The van der Waals surface area contributed by atoms with Crippen LogP contribution < -0.4 is 4.74 Å². The molecule has 4 atom stereocenters. The lowest BCUT2D eigenvalue weighted by atomic mass is 9.51. The highest BCUT2D eigenvalue weighted by atomic mass is 16.5. The maximum atomic E-state index is 6.65. The summed E-state index contributed by atoms with van der Waals surface area (Å²) >= 11 is 0. The molecule has 2 bridgehead atoms. The summed E-state index contributed by atoms with van der Waals surface area (Å²) in [5, 5.41) is 0. The molecule has 0 unspecified atom stereocenters. The molecule has 2 aliphatic heterocycles. The molecule has 5 aliphatic rings. The van der Waals surface area contributed by atoms with Gasteiger partial charge in [0.1, 0.15) is 5.75 Å². The number of benzene rings is 1. The fourth-order valence-electron chi connectivity index (χ4n) is 6.72. The van der Waals surface area contributed by atoms with Crippen LogP contribution in [0.2, 0.25) is 0 Å². The summed E-state index contributed by atoms with van der Waals surface area (Å²) in [6.07, 6.45) is 8.56. The number of pyridine rings is 1. The minimum atomic E-state index is 0.125. The predicted molar refractivity (Wildman–Crippen MR) is 99.3 cm³/mol. The molecule has 1 saturated heterocycles. The van der Waals surface area contributed by atoms with Crippen LogP contribution in [0.5, 0.6) is 5.75 Å². The maximum absolute atomic E-state index is 6.65. The quantitative estimate of drug-likeness (QED) is 0.831. The van der Waals surface area contributed by atoms with Gasteiger partial charge in [-0.05, 0) is 73.7 Å². The van der Waals surface area contributed by atoms with E-state index in [0.29, 0.717) is 12.0 Å². The van der Waals surface area contributed by atoms with Gasteiger partial charge in [-0.3, -0.25) is 9.88 Å². The molecule has 1 aromatic carbocycles. The van der Waals surface area contributed by atoms with Crippen molar-refractivity contribution in [3.8, 4) is 5.75 Å². The Hall–Kier alpha value is -1.87. The highest BCUT2D eigenvalue weighted by Gasteiger charge is 2.64. The first-order valence-corrected chi connectivity index (χ1v) is 10.3. The molecule has 0 amide bonds. The van der Waals surface area contributed by atoms with E-state index in [1.54, 1.807) is 11.1 Å². The topological polar surface area (TPSA) is 25.4 Å². The standard InChI is InChI=1S/C23H24N2O/c1-3-15-12-18-17-11-16-4-2-9-24-21(16)22-23(17,20(15)19(5-1)26-22)8-10-25(18)13-14-6-7-14/h1-5,9,14,17-18,22H,6-8,10-13H2/t17-,18+,22-,23-/m0/s1. The van der Waals surface area contributed by atoms with Gasteiger partial charge < -0.3 is 4.74 Å². The fourth-order valence-corrected chi connectivity index (χ4v) is 6.72. The zero-order valence-corrected chi connectivity index (χ0v) is 15.0. The Bertz CT molecular complexity index is 920. The number of piperidine rings is 1. The molecule has 3 nitrogen and oxygen atoms in total. The second-order valence-electron chi connectivity index (χ2n) is 9.15. The first kappa shape index (κ1) is 14.2. The van der Waals surface area contributed by atoms with E-state index in [1.807, 2.05) is 6.20 Å². The molecular weight excluding hydrogens is 320 g/mol. The molecule has 3 heteroatoms. The van der Waals surface area contributed by atoms with Gasteiger partial charge in [-0.2, -0.15) is 0 Å². The highest BCUT2D eigenvalue weighted by Crippen LogP contribution is 2.65. The van der Waals surface area contributed by atoms with Gasteiger partial charge >= 0.3 is 0 Å². The van der Waals surface area contributed by atoms with E-state index in [2.05, 4.69) is 35.2 Å². The molecule has 7 rings (SSSR count). The first-order chi connectivity index (χ1) is 12.8. The molecule has 26 heavy (non-hydrogen) atoms. The van der Waals surface area contributed by atoms with Gasteiger partial charge in [0.05, 0.1) is 5.69 Å². The van der Waals surface area contributed by atoms with Crippen molar-refractivity contribution in [1.29, 1.82) is 0 Å². The summed E-state index contributed by atoms with van der Waals surface area (Å²) in [7, 11) is 0. The summed E-state index contributed by atoms with van der Waals surface area (Å²) in [6, 6.07) is 11.8. The smallest absolute Gasteiger partial charge is 0.151 e. The second-order valence-corrected chi connectivity index (χ2v) is 9.15. The third-order valence-corrected chi connectivity index (χ3v) is 7.93. The molecule has 2 aromatic rings. The van der Waals surface area contributed by atoms with Crippen LogP contribution in [0.3, 0.4) is 0 Å². The SMILES string of the molecule is c1cnc2c(c1)C[C@H]1[C@H]3Cc4cccc5c4[C@@]1(CCN3CC1CC1)[C@H]2O5. The van der Waals surface area contributed by atoms with Crippen molar-refractivity contribution in [2.45, 2.75) is 49.7 Å². The van der Waals surface area contributed by atoms with Gasteiger partial charge in [-0.15, -0.1) is 0 Å². The third kappa shape index (κ3) is 1.62. The number of hydrogen-bond donors (Lipinski definition) is 0. The molecule has 2 fully saturated rings. The second kappa shape index (κ2) is 4.69. The Kier molecular flexibility index (Phi) is 2.57. The lowest BCUT2D eigenvalue weighted by Gasteiger charge is -2.58. The van der Waals surface area contributed by atoms with Crippen molar-refractivity contribution >= 4 is 0 Å². The highest BCUT2D eigenvalue weighted by molar-refractivity contribution is 5.57. The minimum Gasteiger partial charge on any atom is -0.483 e. The first-order valence-electron chi connectivity index (χ1n) is 10.3. The van der Waals surface area contributed by atoms with Crippen LogP contribution in [-0.2, 0) is 18.3 Å². The van der Waals surface area contributed by atoms with Crippen molar-refractivity contribution in [3.05, 3.63) is 58.9 Å². The Labute approximate surface area is 154 Å². The Balaban J connectivity index is 1.45. The zero-order chi connectivity index (χ0) is 16.9. The van der Waals surface area contributed by atoms with E-state index in [1.165, 1.54) is 56.5 Å². The molecule has 0 radical (unpaired) electrons. The summed E-state index contributed by atoms with van der Waals surface area (Å²) in [4.78, 5) is 7.66. The largest absolute Gasteiger partial charge is 0.483 e. The number of ether oxygens (including phenoxy) is 1. The van der Waals surface area contributed by atoms with E-state index in [4.69, 9.17) is 9.72 Å².